The average Bonchev–Trinajstić information content (AvgIpc) is 3.40. The van der Waals surface area contributed by atoms with E-state index in [-0.39, 0.29) is 6.61 Å². The van der Waals surface area contributed by atoms with Gasteiger partial charge in [-0.2, -0.15) is 21.3 Å². The van der Waals surface area contributed by atoms with E-state index in [0.29, 0.717) is 24.9 Å². The number of aliphatic hydroxyl groups excluding tert-OH is 1. The second-order valence-corrected chi connectivity index (χ2v) is 7.41. The maximum absolute atomic E-state index is 9.13. The van der Waals surface area contributed by atoms with E-state index in [2.05, 4.69) is 42.4 Å². The Hall–Kier alpha value is -3.17. The summed E-state index contributed by atoms with van der Waals surface area (Å²) in [5, 5.41) is 19.8. The van der Waals surface area contributed by atoms with E-state index in [1.807, 2.05) is 28.8 Å². The number of anilines is 3. The summed E-state index contributed by atoms with van der Waals surface area (Å²) in [6.07, 6.45) is 2.71. The number of nitrogens with one attached hydrogen (secondary N) is 2. The summed E-state index contributed by atoms with van der Waals surface area (Å²) in [6, 6.07) is 9.84. The number of imidazole rings is 1. The zero-order valence-corrected chi connectivity index (χ0v) is 16.7. The van der Waals surface area contributed by atoms with Crippen molar-refractivity contribution >= 4 is 40.0 Å². The summed E-state index contributed by atoms with van der Waals surface area (Å²) >= 11 is 1.70. The molecule has 0 atom stereocenters. The molecule has 0 saturated carbocycles. The highest BCUT2D eigenvalue weighted by Gasteiger charge is 2.13. The summed E-state index contributed by atoms with van der Waals surface area (Å²) in [5.41, 5.74) is 10.4. The van der Waals surface area contributed by atoms with Gasteiger partial charge in [-0.3, -0.25) is 0 Å². The number of benzene rings is 1. The number of nitrogen functional groups attached to an aromatic ring is 1. The zero-order valence-electron chi connectivity index (χ0n) is 15.9. The van der Waals surface area contributed by atoms with E-state index < -0.39 is 0 Å². The van der Waals surface area contributed by atoms with Crippen LogP contribution >= 0.6 is 11.3 Å². The predicted octanol–water partition coefficient (Wildman–Crippen LogP) is 2.73. The number of nitrogens with two attached hydrogens (primary N) is 1. The first-order valence-corrected chi connectivity index (χ1v) is 10.3. The first-order valence-electron chi connectivity index (χ1n) is 9.40. The quantitative estimate of drug-likeness (QED) is 0.314. The monoisotopic (exact) mass is 409 g/mol. The molecule has 0 aliphatic rings. The van der Waals surface area contributed by atoms with E-state index in [1.165, 1.54) is 5.56 Å². The molecule has 0 aliphatic carbocycles. The normalized spacial score (nSPS) is 11.1. The molecule has 3 aromatic heterocycles. The van der Waals surface area contributed by atoms with Gasteiger partial charge in [0.15, 0.2) is 17.0 Å². The lowest BCUT2D eigenvalue weighted by Gasteiger charge is -2.10. The average molecular weight is 410 g/mol. The van der Waals surface area contributed by atoms with Gasteiger partial charge in [-0.15, -0.1) is 0 Å². The molecule has 9 heteroatoms. The van der Waals surface area contributed by atoms with Crippen molar-refractivity contribution in [1.82, 2.24) is 19.5 Å². The van der Waals surface area contributed by atoms with Gasteiger partial charge in [0.05, 0.1) is 12.9 Å². The maximum atomic E-state index is 9.13. The molecule has 0 bridgehead atoms. The van der Waals surface area contributed by atoms with Crippen molar-refractivity contribution in [2.45, 2.75) is 19.5 Å². The van der Waals surface area contributed by atoms with Crippen LogP contribution in [0, 0.1) is 0 Å². The molecule has 8 nitrogen and oxygen atoms in total. The fraction of sp³-hybridized carbons (Fsp3) is 0.250. The smallest absolute Gasteiger partial charge is 0.226 e. The molecule has 4 aromatic rings. The number of fused-ring (bicyclic) bond motifs is 1. The Morgan fingerprint density at radius 2 is 1.93 bits per heavy atom. The van der Waals surface area contributed by atoms with Crippen LogP contribution in [0.2, 0.25) is 0 Å². The topological polar surface area (TPSA) is 114 Å². The van der Waals surface area contributed by atoms with Gasteiger partial charge >= 0.3 is 0 Å². The van der Waals surface area contributed by atoms with Gasteiger partial charge < -0.3 is 26.0 Å². The molecule has 150 valence electrons. The zero-order chi connectivity index (χ0) is 20.1. The van der Waals surface area contributed by atoms with Crippen molar-refractivity contribution in [1.29, 1.82) is 0 Å². The van der Waals surface area contributed by atoms with Crippen molar-refractivity contribution in [3.63, 3.8) is 0 Å². The molecule has 0 aliphatic heterocycles. The lowest BCUT2D eigenvalue weighted by atomic mass is 10.2. The van der Waals surface area contributed by atoms with Crippen molar-refractivity contribution in [2.24, 2.45) is 0 Å². The molecule has 29 heavy (non-hydrogen) atoms. The van der Waals surface area contributed by atoms with Gasteiger partial charge in [0.1, 0.15) is 0 Å². The third-order valence-corrected chi connectivity index (χ3v) is 5.25. The molecule has 0 fully saturated rings. The van der Waals surface area contributed by atoms with Crippen LogP contribution in [0.1, 0.15) is 11.1 Å². The van der Waals surface area contributed by atoms with Gasteiger partial charge in [0, 0.05) is 25.3 Å². The molecule has 0 unspecified atom stereocenters. The molecule has 5 N–H and O–H groups in total. The lowest BCUT2D eigenvalue weighted by molar-refractivity contribution is 0.311. The summed E-state index contributed by atoms with van der Waals surface area (Å²) in [4.78, 5) is 13.7. The highest BCUT2D eigenvalue weighted by Crippen LogP contribution is 2.22. The van der Waals surface area contributed by atoms with Crippen LogP contribution in [0.5, 0.6) is 0 Å². The maximum Gasteiger partial charge on any atom is 0.226 e. The second kappa shape index (κ2) is 8.89. The van der Waals surface area contributed by atoms with Crippen molar-refractivity contribution in [2.75, 3.05) is 29.5 Å². The molecular weight excluding hydrogens is 386 g/mol. The van der Waals surface area contributed by atoms with Crippen LogP contribution in [-0.2, 0) is 19.5 Å². The van der Waals surface area contributed by atoms with Crippen LogP contribution in [0.3, 0.4) is 0 Å². The Balaban J connectivity index is 1.59. The molecule has 0 radical (unpaired) electrons. The largest absolute Gasteiger partial charge is 0.399 e. The Morgan fingerprint density at radius 1 is 1.07 bits per heavy atom. The first kappa shape index (κ1) is 19.2. The SMILES string of the molecule is Nc1ccc(CNc2nc(NCCO)nc3c2ncn3CCc2ccsc2)cc1. The number of aromatic nitrogens is 4. The van der Waals surface area contributed by atoms with Crippen molar-refractivity contribution in [3.05, 3.63) is 58.5 Å². The molecule has 0 amide bonds. The fourth-order valence-electron chi connectivity index (χ4n) is 2.98. The summed E-state index contributed by atoms with van der Waals surface area (Å²) < 4.78 is 2.03. The van der Waals surface area contributed by atoms with Crippen molar-refractivity contribution in [3.8, 4) is 0 Å². The van der Waals surface area contributed by atoms with Crippen molar-refractivity contribution < 1.29 is 5.11 Å². The summed E-state index contributed by atoms with van der Waals surface area (Å²) in [5.74, 6) is 1.12. The summed E-state index contributed by atoms with van der Waals surface area (Å²) in [6.45, 7) is 1.76. The van der Waals surface area contributed by atoms with E-state index in [0.717, 1.165) is 35.4 Å². The molecular formula is C20H23N7OS. The van der Waals surface area contributed by atoms with Crippen LogP contribution in [0.25, 0.3) is 11.2 Å². The van der Waals surface area contributed by atoms with Gasteiger partial charge in [0.2, 0.25) is 5.95 Å². The number of thiophene rings is 1. The molecule has 0 saturated heterocycles. The molecule has 0 spiro atoms. The number of aliphatic hydroxyl groups is 1. The van der Waals surface area contributed by atoms with E-state index in [1.54, 1.807) is 17.7 Å². The van der Waals surface area contributed by atoms with E-state index in [4.69, 9.17) is 10.8 Å². The van der Waals surface area contributed by atoms with Gasteiger partial charge in [-0.25, -0.2) is 4.98 Å². The van der Waals surface area contributed by atoms with Gasteiger partial charge in [-0.05, 0) is 46.5 Å². The van der Waals surface area contributed by atoms with Gasteiger partial charge in [-0.1, -0.05) is 12.1 Å². The minimum atomic E-state index is 0.00696. The standard InChI is InChI=1S/C20H23N7OS/c21-16-3-1-14(2-4-16)11-23-18-17-19(26-20(25-18)22-7-9-28)27(13-24-17)8-5-15-6-10-29-12-15/h1-4,6,10,12-13,28H,5,7-9,11,21H2,(H2,22,23,25,26). The van der Waals surface area contributed by atoms with Crippen LogP contribution < -0.4 is 16.4 Å². The summed E-state index contributed by atoms with van der Waals surface area (Å²) in [7, 11) is 0. The minimum Gasteiger partial charge on any atom is -0.399 e. The number of hydrogen-bond donors (Lipinski definition) is 4. The lowest BCUT2D eigenvalue weighted by Crippen LogP contribution is -2.12. The Labute approximate surface area is 172 Å². The minimum absolute atomic E-state index is 0.00696. The Morgan fingerprint density at radius 3 is 2.69 bits per heavy atom. The highest BCUT2D eigenvalue weighted by molar-refractivity contribution is 7.07. The Bertz CT molecular complexity index is 1060. The number of aryl methyl sites for hydroxylation is 2. The molecule has 3 heterocycles. The molecule has 4 rings (SSSR count). The third-order valence-electron chi connectivity index (χ3n) is 4.52. The fourth-order valence-corrected chi connectivity index (χ4v) is 3.69. The third kappa shape index (κ3) is 4.64. The van der Waals surface area contributed by atoms with Crippen LogP contribution in [-0.4, -0.2) is 37.8 Å². The van der Waals surface area contributed by atoms with Gasteiger partial charge in [0.25, 0.3) is 0 Å². The highest BCUT2D eigenvalue weighted by atomic mass is 32.1. The van der Waals surface area contributed by atoms with Crippen LogP contribution in [0.4, 0.5) is 17.5 Å². The van der Waals surface area contributed by atoms with E-state index >= 15 is 0 Å². The first-order chi connectivity index (χ1) is 14.2. The number of rotatable bonds is 9. The predicted molar refractivity (Wildman–Crippen MR) is 117 cm³/mol. The number of hydrogen-bond acceptors (Lipinski definition) is 8. The molecule has 1 aromatic carbocycles. The van der Waals surface area contributed by atoms with E-state index in [9.17, 15) is 0 Å². The second-order valence-electron chi connectivity index (χ2n) is 6.63. The van der Waals surface area contributed by atoms with Crippen LogP contribution in [0.15, 0.2) is 47.4 Å². The number of nitrogens with zero attached hydrogens (tertiary/aromatic N) is 4. The Kier molecular flexibility index (Phi) is 5.87.